The molecule has 0 saturated carbocycles. The number of hydrogen-bond acceptors (Lipinski definition) is 5. The smallest absolute Gasteiger partial charge is 0.236 e. The summed E-state index contributed by atoms with van der Waals surface area (Å²) in [6, 6.07) is 11.8. The van der Waals surface area contributed by atoms with Crippen LogP contribution in [0.1, 0.15) is 5.76 Å². The normalized spacial score (nSPS) is 15.1. The number of carbonyl (C=O) groups excluding carboxylic acids is 1. The molecule has 1 amide bonds. The van der Waals surface area contributed by atoms with Gasteiger partial charge in [-0.3, -0.25) is 9.69 Å². The van der Waals surface area contributed by atoms with Crippen molar-refractivity contribution in [3.8, 4) is 11.3 Å². The summed E-state index contributed by atoms with van der Waals surface area (Å²) in [5.74, 6) is 0.875. The van der Waals surface area contributed by atoms with Crippen molar-refractivity contribution in [1.29, 1.82) is 0 Å². The number of ether oxygens (including phenoxy) is 1. The minimum atomic E-state index is 0.124. The number of morpholine rings is 1. The predicted octanol–water partition coefficient (Wildman–Crippen LogP) is 1.63. The summed E-state index contributed by atoms with van der Waals surface area (Å²) < 4.78 is 10.6. The van der Waals surface area contributed by atoms with Crippen LogP contribution >= 0.6 is 0 Å². The molecule has 1 aromatic carbocycles. The van der Waals surface area contributed by atoms with Crippen molar-refractivity contribution in [2.24, 2.45) is 0 Å². The molecule has 2 aromatic rings. The van der Waals surface area contributed by atoms with Gasteiger partial charge in [0, 0.05) is 24.7 Å². The van der Waals surface area contributed by atoms with E-state index in [9.17, 15) is 4.79 Å². The van der Waals surface area contributed by atoms with Gasteiger partial charge in [-0.2, -0.15) is 0 Å². The van der Waals surface area contributed by atoms with Crippen molar-refractivity contribution in [3.05, 3.63) is 42.2 Å². The molecule has 1 saturated heterocycles. The average Bonchev–Trinajstić information content (AvgIpc) is 3.04. The zero-order valence-corrected chi connectivity index (χ0v) is 13.3. The molecule has 0 radical (unpaired) electrons. The topological polar surface area (TPSA) is 58.8 Å². The van der Waals surface area contributed by atoms with Gasteiger partial charge in [-0.15, -0.1) is 0 Å². The highest BCUT2D eigenvalue weighted by Gasteiger charge is 2.19. The average molecular weight is 315 g/mol. The summed E-state index contributed by atoms with van der Waals surface area (Å²) in [5, 5.41) is 4.09. The van der Waals surface area contributed by atoms with Crippen LogP contribution in [0.15, 0.2) is 40.9 Å². The molecule has 23 heavy (non-hydrogen) atoms. The molecular formula is C17H21N3O3. The van der Waals surface area contributed by atoms with Crippen LogP contribution in [-0.4, -0.2) is 60.8 Å². The summed E-state index contributed by atoms with van der Waals surface area (Å²) in [4.78, 5) is 16.0. The van der Waals surface area contributed by atoms with Crippen LogP contribution in [0.5, 0.6) is 0 Å². The van der Waals surface area contributed by atoms with Crippen molar-refractivity contribution >= 4 is 5.91 Å². The minimum absolute atomic E-state index is 0.124. The molecule has 0 unspecified atom stereocenters. The quantitative estimate of drug-likeness (QED) is 0.839. The number of hydrogen-bond donors (Lipinski definition) is 0. The van der Waals surface area contributed by atoms with E-state index in [1.54, 1.807) is 0 Å². The molecule has 0 spiro atoms. The highest BCUT2D eigenvalue weighted by molar-refractivity contribution is 5.78. The highest BCUT2D eigenvalue weighted by Crippen LogP contribution is 2.19. The Morgan fingerprint density at radius 3 is 2.74 bits per heavy atom. The van der Waals surface area contributed by atoms with Gasteiger partial charge in [0.05, 0.1) is 26.3 Å². The second-order valence-corrected chi connectivity index (χ2v) is 5.71. The number of carbonyl (C=O) groups is 1. The van der Waals surface area contributed by atoms with E-state index >= 15 is 0 Å². The van der Waals surface area contributed by atoms with Crippen molar-refractivity contribution in [1.82, 2.24) is 15.0 Å². The second kappa shape index (κ2) is 7.39. The largest absolute Gasteiger partial charge is 0.378 e. The van der Waals surface area contributed by atoms with Gasteiger partial charge in [0.25, 0.3) is 0 Å². The van der Waals surface area contributed by atoms with Crippen LogP contribution in [0, 0.1) is 0 Å². The fourth-order valence-electron chi connectivity index (χ4n) is 2.60. The highest BCUT2D eigenvalue weighted by atomic mass is 16.5. The maximum atomic E-state index is 12.2. The first-order chi connectivity index (χ1) is 11.2. The molecule has 2 heterocycles. The van der Waals surface area contributed by atoms with Crippen LogP contribution < -0.4 is 0 Å². The van der Waals surface area contributed by atoms with E-state index in [0.29, 0.717) is 39.4 Å². The first-order valence-electron chi connectivity index (χ1n) is 7.77. The summed E-state index contributed by atoms with van der Waals surface area (Å²) >= 11 is 0. The van der Waals surface area contributed by atoms with Crippen LogP contribution in [0.4, 0.5) is 0 Å². The molecule has 1 fully saturated rings. The molecule has 6 heteroatoms. The third-order valence-corrected chi connectivity index (χ3v) is 3.82. The summed E-state index contributed by atoms with van der Waals surface area (Å²) in [5.41, 5.74) is 1.84. The first kappa shape index (κ1) is 15.7. The van der Waals surface area contributed by atoms with Gasteiger partial charge < -0.3 is 14.2 Å². The molecule has 3 rings (SSSR count). The number of nitrogens with zero attached hydrogens (tertiary/aromatic N) is 3. The monoisotopic (exact) mass is 315 g/mol. The van der Waals surface area contributed by atoms with Crippen molar-refractivity contribution < 1.29 is 14.1 Å². The van der Waals surface area contributed by atoms with E-state index in [1.165, 1.54) is 0 Å². The third kappa shape index (κ3) is 4.18. The molecular weight excluding hydrogens is 294 g/mol. The Hall–Kier alpha value is -2.18. The molecule has 0 atom stereocenters. The van der Waals surface area contributed by atoms with E-state index in [1.807, 2.05) is 53.2 Å². The standard InChI is InChI=1S/C17H21N3O3/c1-19(13-17(21)20-7-9-22-10-8-20)12-15-11-16(18-23-15)14-5-3-2-4-6-14/h2-6,11H,7-10,12-13H2,1H3. The van der Waals surface area contributed by atoms with Gasteiger partial charge in [0.15, 0.2) is 5.76 Å². The Labute approximate surface area is 135 Å². The summed E-state index contributed by atoms with van der Waals surface area (Å²) in [7, 11) is 1.91. The molecule has 1 aliphatic heterocycles. The Balaban J connectivity index is 1.54. The maximum Gasteiger partial charge on any atom is 0.236 e. The fourth-order valence-corrected chi connectivity index (χ4v) is 2.60. The Morgan fingerprint density at radius 2 is 2.00 bits per heavy atom. The lowest BCUT2D eigenvalue weighted by atomic mass is 10.1. The van der Waals surface area contributed by atoms with Gasteiger partial charge in [0.1, 0.15) is 5.69 Å². The fraction of sp³-hybridized carbons (Fsp3) is 0.412. The molecule has 1 aliphatic rings. The van der Waals surface area contributed by atoms with E-state index in [4.69, 9.17) is 9.26 Å². The van der Waals surface area contributed by atoms with Gasteiger partial charge in [0.2, 0.25) is 5.91 Å². The molecule has 0 bridgehead atoms. The van der Waals surface area contributed by atoms with E-state index in [2.05, 4.69) is 5.16 Å². The van der Waals surface area contributed by atoms with Crippen molar-refractivity contribution in [2.75, 3.05) is 39.9 Å². The van der Waals surface area contributed by atoms with E-state index in [-0.39, 0.29) is 5.91 Å². The third-order valence-electron chi connectivity index (χ3n) is 3.82. The zero-order chi connectivity index (χ0) is 16.1. The van der Waals surface area contributed by atoms with Gasteiger partial charge in [-0.25, -0.2) is 0 Å². The Kier molecular flexibility index (Phi) is 5.05. The number of rotatable bonds is 5. The van der Waals surface area contributed by atoms with Crippen molar-refractivity contribution in [2.45, 2.75) is 6.54 Å². The number of benzene rings is 1. The van der Waals surface area contributed by atoms with Gasteiger partial charge in [-0.1, -0.05) is 35.5 Å². The summed E-state index contributed by atoms with van der Waals surface area (Å²) in [6.07, 6.45) is 0. The lowest BCUT2D eigenvalue weighted by Gasteiger charge is -2.28. The number of amides is 1. The predicted molar refractivity (Wildman–Crippen MR) is 85.7 cm³/mol. The van der Waals surface area contributed by atoms with Crippen LogP contribution in [0.2, 0.25) is 0 Å². The van der Waals surface area contributed by atoms with Crippen LogP contribution in [-0.2, 0) is 16.1 Å². The molecule has 0 N–H and O–H groups in total. The number of likely N-dealkylation sites (N-methyl/N-ethyl adjacent to an activating group) is 1. The van der Waals surface area contributed by atoms with E-state index < -0.39 is 0 Å². The summed E-state index contributed by atoms with van der Waals surface area (Å²) in [6.45, 7) is 3.51. The van der Waals surface area contributed by atoms with E-state index in [0.717, 1.165) is 17.0 Å². The zero-order valence-electron chi connectivity index (χ0n) is 13.3. The Morgan fingerprint density at radius 1 is 1.26 bits per heavy atom. The molecule has 1 aromatic heterocycles. The SMILES string of the molecule is CN(CC(=O)N1CCOCC1)Cc1cc(-c2ccccc2)no1. The van der Waals surface area contributed by atoms with Crippen LogP contribution in [0.3, 0.4) is 0 Å². The maximum absolute atomic E-state index is 12.2. The lowest BCUT2D eigenvalue weighted by molar-refractivity contribution is -0.136. The minimum Gasteiger partial charge on any atom is -0.378 e. The van der Waals surface area contributed by atoms with Crippen LogP contribution in [0.25, 0.3) is 11.3 Å². The van der Waals surface area contributed by atoms with Gasteiger partial charge >= 0.3 is 0 Å². The Bertz CT molecular complexity index is 636. The lowest BCUT2D eigenvalue weighted by Crippen LogP contribution is -2.44. The van der Waals surface area contributed by atoms with Gasteiger partial charge in [-0.05, 0) is 7.05 Å². The molecule has 0 aliphatic carbocycles. The van der Waals surface area contributed by atoms with Crippen molar-refractivity contribution in [3.63, 3.8) is 0 Å². The number of aromatic nitrogens is 1. The molecule has 6 nitrogen and oxygen atoms in total. The second-order valence-electron chi connectivity index (χ2n) is 5.71. The first-order valence-corrected chi connectivity index (χ1v) is 7.77. The molecule has 122 valence electrons.